The van der Waals surface area contributed by atoms with Gasteiger partial charge in [0, 0.05) is 12.2 Å². The number of hydrogen-bond acceptors (Lipinski definition) is 5. The predicted molar refractivity (Wildman–Crippen MR) is 165 cm³/mol. The van der Waals surface area contributed by atoms with Gasteiger partial charge in [0.05, 0.1) is 17.4 Å². The van der Waals surface area contributed by atoms with Crippen LogP contribution >= 0.6 is 0 Å². The standard InChI is InChI=1S/C34H39N5O3/c1-23-18-30(39(38-23)29-15-8-10-25(19-29)22-36-33(41)42-34(2,3)4)32(40)37-28-14-9-13-27(20-28)31(35-21-24-16-17-24)26-11-6-5-7-12-26/h5-15,18-20,24,31,35H,16-17,21-22H2,1-4H3,(H,36,41)(H,37,40). The molecule has 1 fully saturated rings. The summed E-state index contributed by atoms with van der Waals surface area (Å²) in [6, 6.07) is 27.8. The second kappa shape index (κ2) is 12.6. The number of anilines is 1. The van der Waals surface area contributed by atoms with E-state index in [1.807, 2.05) is 76.2 Å². The summed E-state index contributed by atoms with van der Waals surface area (Å²) in [5, 5.41) is 14.2. The molecule has 0 spiro atoms. The number of hydrogen-bond donors (Lipinski definition) is 3. The van der Waals surface area contributed by atoms with Gasteiger partial charge in [-0.05, 0) is 100 Å². The van der Waals surface area contributed by atoms with Crippen LogP contribution in [0, 0.1) is 12.8 Å². The van der Waals surface area contributed by atoms with Crippen LogP contribution in [0.3, 0.4) is 0 Å². The van der Waals surface area contributed by atoms with E-state index in [2.05, 4.69) is 51.4 Å². The summed E-state index contributed by atoms with van der Waals surface area (Å²) in [4.78, 5) is 25.7. The summed E-state index contributed by atoms with van der Waals surface area (Å²) in [7, 11) is 0. The Kier molecular flexibility index (Phi) is 8.73. The molecule has 1 atom stereocenters. The van der Waals surface area contributed by atoms with Crippen molar-refractivity contribution in [3.8, 4) is 5.69 Å². The molecule has 0 radical (unpaired) electrons. The molecule has 0 aliphatic heterocycles. The molecule has 8 nitrogen and oxygen atoms in total. The number of alkyl carbamates (subject to hydrolysis) is 1. The average Bonchev–Trinajstić information content (AvgIpc) is 3.70. The maximum Gasteiger partial charge on any atom is 0.407 e. The van der Waals surface area contributed by atoms with Crippen molar-refractivity contribution in [1.29, 1.82) is 0 Å². The first-order valence-electron chi connectivity index (χ1n) is 14.5. The minimum Gasteiger partial charge on any atom is -0.444 e. The van der Waals surface area contributed by atoms with Gasteiger partial charge in [-0.1, -0.05) is 54.6 Å². The summed E-state index contributed by atoms with van der Waals surface area (Å²) in [5.74, 6) is 0.487. The molecule has 0 bridgehead atoms. The highest BCUT2D eigenvalue weighted by Crippen LogP contribution is 2.31. The molecule has 0 saturated heterocycles. The number of nitrogens with zero attached hydrogens (tertiary/aromatic N) is 2. The summed E-state index contributed by atoms with van der Waals surface area (Å²) >= 11 is 0. The Bertz CT molecular complexity index is 1540. The molecule has 5 rings (SSSR count). The minimum atomic E-state index is -0.574. The zero-order chi connectivity index (χ0) is 29.7. The highest BCUT2D eigenvalue weighted by Gasteiger charge is 2.24. The first-order chi connectivity index (χ1) is 20.1. The van der Waals surface area contributed by atoms with Gasteiger partial charge in [0.25, 0.3) is 5.91 Å². The number of rotatable bonds is 10. The third kappa shape index (κ3) is 7.85. The van der Waals surface area contributed by atoms with Gasteiger partial charge in [0.15, 0.2) is 0 Å². The molecule has 2 amide bonds. The van der Waals surface area contributed by atoms with Crippen LogP contribution in [-0.4, -0.2) is 33.9 Å². The molecular formula is C34H39N5O3. The molecule has 1 saturated carbocycles. The van der Waals surface area contributed by atoms with Gasteiger partial charge in [-0.15, -0.1) is 0 Å². The van der Waals surface area contributed by atoms with Gasteiger partial charge in [0.2, 0.25) is 0 Å². The lowest BCUT2D eigenvalue weighted by Gasteiger charge is -2.21. The van der Waals surface area contributed by atoms with Crippen molar-refractivity contribution in [2.75, 3.05) is 11.9 Å². The van der Waals surface area contributed by atoms with E-state index < -0.39 is 11.7 Å². The average molecular weight is 566 g/mol. The molecule has 3 N–H and O–H groups in total. The smallest absolute Gasteiger partial charge is 0.407 e. The van der Waals surface area contributed by atoms with E-state index in [-0.39, 0.29) is 18.5 Å². The highest BCUT2D eigenvalue weighted by atomic mass is 16.6. The van der Waals surface area contributed by atoms with Crippen molar-refractivity contribution in [2.45, 2.75) is 58.7 Å². The molecule has 1 aliphatic rings. The SMILES string of the molecule is Cc1cc(C(=O)Nc2cccc(C(NCC3CC3)c3ccccc3)c2)n(-c2cccc(CNC(=O)OC(C)(C)C)c2)n1. The van der Waals surface area contributed by atoms with Crippen LogP contribution in [0.2, 0.25) is 0 Å². The Hall–Kier alpha value is -4.43. The zero-order valence-corrected chi connectivity index (χ0v) is 24.7. The lowest BCUT2D eigenvalue weighted by molar-refractivity contribution is 0.0523. The Morgan fingerprint density at radius 1 is 0.952 bits per heavy atom. The molecule has 8 heteroatoms. The lowest BCUT2D eigenvalue weighted by atomic mass is 9.98. The highest BCUT2D eigenvalue weighted by molar-refractivity contribution is 6.03. The molecule has 3 aromatic carbocycles. The number of ether oxygens (including phenoxy) is 1. The number of nitrogens with one attached hydrogen (secondary N) is 3. The van der Waals surface area contributed by atoms with Gasteiger partial charge < -0.3 is 20.7 Å². The first kappa shape index (κ1) is 29.1. The Labute approximate surface area is 247 Å². The third-order valence-corrected chi connectivity index (χ3v) is 6.97. The molecule has 1 unspecified atom stereocenters. The van der Waals surface area contributed by atoms with Crippen molar-refractivity contribution in [3.05, 3.63) is 113 Å². The second-order valence-electron chi connectivity index (χ2n) is 11.9. The maximum absolute atomic E-state index is 13.6. The van der Waals surface area contributed by atoms with Crippen LogP contribution in [-0.2, 0) is 11.3 Å². The largest absolute Gasteiger partial charge is 0.444 e. The summed E-state index contributed by atoms with van der Waals surface area (Å²) < 4.78 is 6.97. The topological polar surface area (TPSA) is 97.3 Å². The van der Waals surface area contributed by atoms with Gasteiger partial charge in [-0.25, -0.2) is 9.48 Å². The monoisotopic (exact) mass is 565 g/mol. The lowest BCUT2D eigenvalue weighted by Crippen LogP contribution is -2.32. The number of amides is 2. The fourth-order valence-corrected chi connectivity index (χ4v) is 4.82. The minimum absolute atomic E-state index is 0.0356. The van der Waals surface area contributed by atoms with Crippen molar-refractivity contribution in [2.24, 2.45) is 5.92 Å². The van der Waals surface area contributed by atoms with E-state index >= 15 is 0 Å². The van der Waals surface area contributed by atoms with Crippen LogP contribution in [0.25, 0.3) is 5.69 Å². The molecule has 218 valence electrons. The molecule has 1 aromatic heterocycles. The fraction of sp³-hybridized carbons (Fsp3) is 0.324. The van der Waals surface area contributed by atoms with Crippen molar-refractivity contribution >= 4 is 17.7 Å². The Balaban J connectivity index is 1.32. The van der Waals surface area contributed by atoms with E-state index in [1.165, 1.54) is 18.4 Å². The summed E-state index contributed by atoms with van der Waals surface area (Å²) in [6.07, 6.45) is 2.07. The number of benzene rings is 3. The fourth-order valence-electron chi connectivity index (χ4n) is 4.82. The number of carbonyl (C=O) groups excluding carboxylic acids is 2. The van der Waals surface area contributed by atoms with Crippen LogP contribution in [0.1, 0.15) is 72.5 Å². The molecule has 42 heavy (non-hydrogen) atoms. The Morgan fingerprint density at radius 3 is 2.43 bits per heavy atom. The molecule has 4 aromatic rings. The van der Waals surface area contributed by atoms with Crippen LogP contribution in [0.4, 0.5) is 10.5 Å². The summed E-state index contributed by atoms with van der Waals surface area (Å²) in [6.45, 7) is 8.59. The van der Waals surface area contributed by atoms with E-state index in [1.54, 1.807) is 10.7 Å². The van der Waals surface area contributed by atoms with Crippen molar-refractivity contribution < 1.29 is 14.3 Å². The van der Waals surface area contributed by atoms with Gasteiger partial charge in [-0.3, -0.25) is 4.79 Å². The van der Waals surface area contributed by atoms with E-state index in [0.717, 1.165) is 35.0 Å². The first-order valence-corrected chi connectivity index (χ1v) is 14.5. The van der Waals surface area contributed by atoms with Gasteiger partial charge >= 0.3 is 6.09 Å². The number of aromatic nitrogens is 2. The van der Waals surface area contributed by atoms with Crippen LogP contribution in [0.15, 0.2) is 84.9 Å². The molecule has 1 heterocycles. The van der Waals surface area contributed by atoms with Crippen LogP contribution < -0.4 is 16.0 Å². The Morgan fingerprint density at radius 2 is 1.69 bits per heavy atom. The number of aryl methyl sites for hydroxylation is 1. The predicted octanol–water partition coefficient (Wildman–Crippen LogP) is 6.55. The second-order valence-corrected chi connectivity index (χ2v) is 11.9. The van der Waals surface area contributed by atoms with E-state index in [4.69, 9.17) is 4.74 Å². The maximum atomic E-state index is 13.6. The zero-order valence-electron chi connectivity index (χ0n) is 24.7. The quantitative estimate of drug-likeness (QED) is 0.203. The van der Waals surface area contributed by atoms with E-state index in [0.29, 0.717) is 11.4 Å². The van der Waals surface area contributed by atoms with Gasteiger partial charge in [0.1, 0.15) is 11.3 Å². The van der Waals surface area contributed by atoms with Crippen molar-refractivity contribution in [3.63, 3.8) is 0 Å². The molecular weight excluding hydrogens is 526 g/mol. The molecule has 1 aliphatic carbocycles. The third-order valence-electron chi connectivity index (χ3n) is 6.97. The van der Waals surface area contributed by atoms with Crippen molar-refractivity contribution in [1.82, 2.24) is 20.4 Å². The van der Waals surface area contributed by atoms with E-state index in [9.17, 15) is 9.59 Å². The number of carbonyl (C=O) groups is 2. The van der Waals surface area contributed by atoms with Gasteiger partial charge in [-0.2, -0.15) is 5.10 Å². The van der Waals surface area contributed by atoms with Crippen LogP contribution in [0.5, 0.6) is 0 Å². The normalized spacial score (nSPS) is 13.8. The summed E-state index contributed by atoms with van der Waals surface area (Å²) in [5.41, 5.74) is 5.14.